The molecule has 2 aromatic carbocycles. The van der Waals surface area contributed by atoms with Crippen LogP contribution in [-0.2, 0) is 16.0 Å². The summed E-state index contributed by atoms with van der Waals surface area (Å²) in [6, 6.07) is 14.0. The molecule has 0 spiro atoms. The number of fused-ring (bicyclic) bond motifs is 1. The molecule has 0 unspecified atom stereocenters. The van der Waals surface area contributed by atoms with Crippen LogP contribution in [-0.4, -0.2) is 27.6 Å². The Bertz CT molecular complexity index is 850. The molecule has 0 atom stereocenters. The zero-order valence-electron chi connectivity index (χ0n) is 13.6. The Labute approximate surface area is 140 Å². The quantitative estimate of drug-likeness (QED) is 0.397. The summed E-state index contributed by atoms with van der Waals surface area (Å²) in [4.78, 5) is 12.8. The number of carbonyl (C=O) groups is 1. The van der Waals surface area contributed by atoms with Crippen LogP contribution in [0.15, 0.2) is 55.1 Å². The van der Waals surface area contributed by atoms with Crippen molar-refractivity contribution < 1.29 is 9.53 Å². The number of aromatic nitrogens is 3. The van der Waals surface area contributed by atoms with Crippen molar-refractivity contribution in [1.29, 1.82) is 0 Å². The lowest BCUT2D eigenvalue weighted by Gasteiger charge is -2.09. The molecule has 0 amide bonds. The largest absolute Gasteiger partial charge is 0.463 e. The minimum absolute atomic E-state index is 0.368. The van der Waals surface area contributed by atoms with Gasteiger partial charge in [-0.25, -0.2) is 4.79 Å². The van der Waals surface area contributed by atoms with Crippen molar-refractivity contribution in [2.45, 2.75) is 19.8 Å². The van der Waals surface area contributed by atoms with Gasteiger partial charge in [-0.15, -0.1) is 10.2 Å². The van der Waals surface area contributed by atoms with Crippen LogP contribution >= 0.6 is 0 Å². The van der Waals surface area contributed by atoms with Crippen molar-refractivity contribution in [1.82, 2.24) is 15.0 Å². The molecule has 0 fully saturated rings. The Kier molecular flexibility index (Phi) is 4.70. The number of aryl methyl sites for hydroxylation is 2. The Hall–Kier alpha value is -2.95. The topological polar surface area (TPSA) is 57.0 Å². The van der Waals surface area contributed by atoms with Crippen molar-refractivity contribution in [2.24, 2.45) is 0 Å². The van der Waals surface area contributed by atoms with E-state index >= 15 is 0 Å². The Morgan fingerprint density at radius 1 is 1.21 bits per heavy atom. The molecule has 5 nitrogen and oxygen atoms in total. The van der Waals surface area contributed by atoms with Crippen LogP contribution in [0.4, 0.5) is 0 Å². The van der Waals surface area contributed by atoms with E-state index in [0.717, 1.165) is 40.7 Å². The monoisotopic (exact) mass is 321 g/mol. The summed E-state index contributed by atoms with van der Waals surface area (Å²) >= 11 is 0. The van der Waals surface area contributed by atoms with Crippen LogP contribution in [0.3, 0.4) is 0 Å². The number of carbonyl (C=O) groups excluding carboxylic acids is 1. The Morgan fingerprint density at radius 3 is 2.58 bits per heavy atom. The predicted molar refractivity (Wildman–Crippen MR) is 93.1 cm³/mol. The van der Waals surface area contributed by atoms with Crippen LogP contribution in [0.1, 0.15) is 17.5 Å². The SMILES string of the molecule is C=CC(=O)OCCCc1ccc(C)cc1-n1nc2ccccc2n1. The fraction of sp³-hybridized carbons (Fsp3) is 0.211. The van der Waals surface area contributed by atoms with Crippen molar-refractivity contribution in [2.75, 3.05) is 6.61 Å². The standard InChI is InChI=1S/C19H19N3O2/c1-3-19(23)24-12-6-7-15-11-10-14(2)13-18(15)22-20-16-8-4-5-9-17(16)21-22/h3-5,8-11,13H,1,6-7,12H2,2H3. The van der Waals surface area contributed by atoms with Gasteiger partial charge in [-0.1, -0.05) is 30.8 Å². The lowest BCUT2D eigenvalue weighted by Crippen LogP contribution is -2.06. The van der Waals surface area contributed by atoms with E-state index in [2.05, 4.69) is 35.0 Å². The second kappa shape index (κ2) is 7.08. The first kappa shape index (κ1) is 15.9. The zero-order chi connectivity index (χ0) is 16.9. The number of benzene rings is 2. The summed E-state index contributed by atoms with van der Waals surface area (Å²) in [5.74, 6) is -0.390. The number of nitrogens with zero attached hydrogens (tertiary/aromatic N) is 3. The maximum Gasteiger partial charge on any atom is 0.330 e. The molecule has 5 heteroatoms. The van der Waals surface area contributed by atoms with Gasteiger partial charge in [-0.2, -0.15) is 4.80 Å². The van der Waals surface area contributed by atoms with Gasteiger partial charge in [0.15, 0.2) is 0 Å². The van der Waals surface area contributed by atoms with Gasteiger partial charge in [0, 0.05) is 6.08 Å². The minimum atomic E-state index is -0.390. The third-order valence-corrected chi connectivity index (χ3v) is 3.74. The molecule has 0 N–H and O–H groups in total. The highest BCUT2D eigenvalue weighted by Crippen LogP contribution is 2.19. The van der Waals surface area contributed by atoms with Gasteiger partial charge in [-0.3, -0.25) is 0 Å². The van der Waals surface area contributed by atoms with E-state index in [1.165, 1.54) is 6.08 Å². The molecule has 0 aliphatic carbocycles. The number of rotatable bonds is 6. The van der Waals surface area contributed by atoms with Crippen molar-refractivity contribution in [3.05, 3.63) is 66.2 Å². The summed E-state index contributed by atoms with van der Waals surface area (Å²) in [6.07, 6.45) is 2.69. The fourth-order valence-electron chi connectivity index (χ4n) is 2.53. The molecule has 0 bridgehead atoms. The number of hydrogen-bond acceptors (Lipinski definition) is 4. The predicted octanol–water partition coefficient (Wildman–Crippen LogP) is 3.39. The molecule has 0 aliphatic heterocycles. The van der Waals surface area contributed by atoms with Gasteiger partial charge in [0.1, 0.15) is 11.0 Å². The smallest absolute Gasteiger partial charge is 0.330 e. The molecule has 0 aliphatic rings. The molecule has 122 valence electrons. The van der Waals surface area contributed by atoms with Gasteiger partial charge < -0.3 is 4.74 Å². The van der Waals surface area contributed by atoms with E-state index in [-0.39, 0.29) is 5.97 Å². The molecular formula is C19H19N3O2. The van der Waals surface area contributed by atoms with Crippen LogP contribution < -0.4 is 0 Å². The summed E-state index contributed by atoms with van der Waals surface area (Å²) in [5, 5.41) is 9.12. The average Bonchev–Trinajstić information content (AvgIpc) is 3.03. The fourth-order valence-corrected chi connectivity index (χ4v) is 2.53. The second-order valence-corrected chi connectivity index (χ2v) is 5.59. The molecule has 0 saturated carbocycles. The molecule has 1 aromatic heterocycles. The number of hydrogen-bond donors (Lipinski definition) is 0. The summed E-state index contributed by atoms with van der Waals surface area (Å²) in [6.45, 7) is 5.80. The van der Waals surface area contributed by atoms with E-state index in [4.69, 9.17) is 4.74 Å². The van der Waals surface area contributed by atoms with Crippen LogP contribution in [0, 0.1) is 6.92 Å². The third kappa shape index (κ3) is 3.51. The number of esters is 1. The van der Waals surface area contributed by atoms with Crippen molar-refractivity contribution in [3.8, 4) is 5.69 Å². The van der Waals surface area contributed by atoms with Crippen molar-refractivity contribution >= 4 is 17.0 Å². The van der Waals surface area contributed by atoms with E-state index in [1.807, 2.05) is 31.2 Å². The van der Waals surface area contributed by atoms with Crippen LogP contribution in [0.5, 0.6) is 0 Å². The van der Waals surface area contributed by atoms with Gasteiger partial charge in [-0.05, 0) is 49.1 Å². The first-order chi connectivity index (χ1) is 11.7. The normalized spacial score (nSPS) is 10.7. The lowest BCUT2D eigenvalue weighted by atomic mass is 10.1. The Balaban J connectivity index is 1.82. The highest BCUT2D eigenvalue weighted by molar-refractivity contribution is 5.81. The third-order valence-electron chi connectivity index (χ3n) is 3.74. The van der Waals surface area contributed by atoms with E-state index in [9.17, 15) is 4.79 Å². The highest BCUT2D eigenvalue weighted by Gasteiger charge is 2.10. The molecule has 3 rings (SSSR count). The van der Waals surface area contributed by atoms with E-state index in [0.29, 0.717) is 6.61 Å². The summed E-state index contributed by atoms with van der Waals surface area (Å²) in [5.41, 5.74) is 4.96. The Morgan fingerprint density at radius 2 is 1.92 bits per heavy atom. The van der Waals surface area contributed by atoms with E-state index in [1.54, 1.807) is 4.80 Å². The van der Waals surface area contributed by atoms with Gasteiger partial charge >= 0.3 is 5.97 Å². The number of ether oxygens (including phenoxy) is 1. The van der Waals surface area contributed by atoms with Crippen LogP contribution in [0.2, 0.25) is 0 Å². The second-order valence-electron chi connectivity index (χ2n) is 5.59. The molecule has 1 heterocycles. The van der Waals surface area contributed by atoms with Gasteiger partial charge in [0.25, 0.3) is 0 Å². The van der Waals surface area contributed by atoms with Gasteiger partial charge in [0.2, 0.25) is 0 Å². The molecule has 24 heavy (non-hydrogen) atoms. The zero-order valence-corrected chi connectivity index (χ0v) is 13.6. The van der Waals surface area contributed by atoms with Gasteiger partial charge in [0.05, 0.1) is 12.3 Å². The molecule has 3 aromatic rings. The lowest BCUT2D eigenvalue weighted by molar-refractivity contribution is -0.137. The maximum absolute atomic E-state index is 11.1. The summed E-state index contributed by atoms with van der Waals surface area (Å²) in [7, 11) is 0. The van der Waals surface area contributed by atoms with Crippen molar-refractivity contribution in [3.63, 3.8) is 0 Å². The molecule has 0 radical (unpaired) electrons. The average molecular weight is 321 g/mol. The molecule has 0 saturated heterocycles. The maximum atomic E-state index is 11.1. The minimum Gasteiger partial charge on any atom is -0.463 e. The van der Waals surface area contributed by atoms with Crippen LogP contribution in [0.25, 0.3) is 16.7 Å². The molecular weight excluding hydrogens is 302 g/mol. The first-order valence-corrected chi connectivity index (χ1v) is 7.88. The van der Waals surface area contributed by atoms with E-state index < -0.39 is 0 Å². The summed E-state index contributed by atoms with van der Waals surface area (Å²) < 4.78 is 5.04. The highest BCUT2D eigenvalue weighted by atomic mass is 16.5. The first-order valence-electron chi connectivity index (χ1n) is 7.88.